The highest BCUT2D eigenvalue weighted by molar-refractivity contribution is 5.51. The molecule has 1 aromatic heterocycles. The van der Waals surface area contributed by atoms with Crippen LogP contribution in [-0.2, 0) is 0 Å². The van der Waals surface area contributed by atoms with Crippen molar-refractivity contribution >= 4 is 5.69 Å². The Morgan fingerprint density at radius 3 is 2.46 bits per heavy atom. The Balaban J connectivity index is 1.18. The Kier molecular flexibility index (Phi) is 4.89. The van der Waals surface area contributed by atoms with Gasteiger partial charge in [0.1, 0.15) is 0 Å². The first-order chi connectivity index (χ1) is 13.7. The Labute approximate surface area is 168 Å². The summed E-state index contributed by atoms with van der Waals surface area (Å²) in [5.41, 5.74) is 2.07. The van der Waals surface area contributed by atoms with E-state index in [1.807, 2.05) is 23.1 Å². The van der Waals surface area contributed by atoms with Gasteiger partial charge in [0.15, 0.2) is 0 Å². The number of nitrogens with zero attached hydrogens (tertiary/aromatic N) is 4. The summed E-state index contributed by atoms with van der Waals surface area (Å²) in [4.78, 5) is 5.22. The smallest absolute Gasteiger partial charge is 0.0700 e. The van der Waals surface area contributed by atoms with Crippen LogP contribution in [0.5, 0.6) is 0 Å². The van der Waals surface area contributed by atoms with E-state index in [9.17, 15) is 5.11 Å². The molecule has 5 rings (SSSR count). The minimum absolute atomic E-state index is 0.355. The topological polar surface area (TPSA) is 44.5 Å². The van der Waals surface area contributed by atoms with Crippen molar-refractivity contribution in [2.24, 2.45) is 5.92 Å². The molecular formula is C23H32N4O. The third kappa shape index (κ3) is 3.46. The standard InChI is InChI=1S/C23H32N4O/c28-23-11-2-1-4-19(23)18-26(17-12-23)21-9-15-25(16-10-21)20-5-7-22(8-6-20)27-14-3-13-24-27/h3,5-8,13-14,19,21,28H,1-2,4,9-12,15-18H2/t19-,23-/m0/s1. The van der Waals surface area contributed by atoms with Gasteiger partial charge in [0.05, 0.1) is 11.3 Å². The van der Waals surface area contributed by atoms with Crippen LogP contribution in [0.25, 0.3) is 5.69 Å². The van der Waals surface area contributed by atoms with Gasteiger partial charge in [-0.25, -0.2) is 4.68 Å². The fourth-order valence-electron chi connectivity index (χ4n) is 5.66. The maximum absolute atomic E-state index is 10.9. The molecule has 2 aliphatic heterocycles. The van der Waals surface area contributed by atoms with Crippen LogP contribution in [-0.4, -0.2) is 57.6 Å². The van der Waals surface area contributed by atoms with E-state index in [4.69, 9.17) is 0 Å². The SMILES string of the molecule is O[C@]12CCCC[C@H]1CN(C1CCN(c3ccc(-n4cccn4)cc3)CC1)CC2. The number of hydrogen-bond donors (Lipinski definition) is 1. The summed E-state index contributed by atoms with van der Waals surface area (Å²) in [5.74, 6) is 0.503. The largest absolute Gasteiger partial charge is 0.390 e. The van der Waals surface area contributed by atoms with Gasteiger partial charge in [-0.3, -0.25) is 4.90 Å². The van der Waals surface area contributed by atoms with Crippen LogP contribution in [0, 0.1) is 5.92 Å². The van der Waals surface area contributed by atoms with E-state index in [0.717, 1.165) is 44.7 Å². The number of anilines is 1. The molecule has 1 aromatic carbocycles. The first-order valence-electron chi connectivity index (χ1n) is 11.0. The molecule has 0 unspecified atom stereocenters. The highest BCUT2D eigenvalue weighted by atomic mass is 16.3. The maximum Gasteiger partial charge on any atom is 0.0700 e. The lowest BCUT2D eigenvalue weighted by Crippen LogP contribution is -2.57. The lowest BCUT2D eigenvalue weighted by atomic mass is 9.71. The molecule has 1 N–H and O–H groups in total. The lowest BCUT2D eigenvalue weighted by Gasteiger charge is -2.50. The van der Waals surface area contributed by atoms with Crippen LogP contribution in [0.1, 0.15) is 44.9 Å². The molecule has 28 heavy (non-hydrogen) atoms. The van der Waals surface area contributed by atoms with Gasteiger partial charge in [0.2, 0.25) is 0 Å². The lowest BCUT2D eigenvalue weighted by molar-refractivity contribution is -0.104. The first kappa shape index (κ1) is 18.2. The van der Waals surface area contributed by atoms with Crippen LogP contribution in [0.2, 0.25) is 0 Å². The van der Waals surface area contributed by atoms with Crippen molar-refractivity contribution in [3.63, 3.8) is 0 Å². The number of benzene rings is 1. The molecule has 2 aromatic rings. The highest BCUT2D eigenvalue weighted by Gasteiger charge is 2.44. The second-order valence-corrected chi connectivity index (χ2v) is 8.98. The average molecular weight is 381 g/mol. The van der Waals surface area contributed by atoms with Gasteiger partial charge in [0, 0.05) is 56.2 Å². The quantitative estimate of drug-likeness (QED) is 0.886. The monoisotopic (exact) mass is 380 g/mol. The van der Waals surface area contributed by atoms with Crippen molar-refractivity contribution in [1.82, 2.24) is 14.7 Å². The van der Waals surface area contributed by atoms with Gasteiger partial charge in [-0.05, 0) is 62.4 Å². The summed E-state index contributed by atoms with van der Waals surface area (Å²) in [5, 5.41) is 15.3. The fourth-order valence-corrected chi connectivity index (χ4v) is 5.66. The van der Waals surface area contributed by atoms with E-state index < -0.39 is 0 Å². The molecule has 2 saturated heterocycles. The molecule has 0 bridgehead atoms. The second kappa shape index (κ2) is 7.53. The van der Waals surface area contributed by atoms with Crippen LogP contribution >= 0.6 is 0 Å². The summed E-state index contributed by atoms with van der Waals surface area (Å²) in [6.07, 6.45) is 12.0. The molecule has 0 spiro atoms. The molecular weight excluding hydrogens is 348 g/mol. The number of aliphatic hydroxyl groups is 1. The number of aromatic nitrogens is 2. The zero-order valence-electron chi connectivity index (χ0n) is 16.7. The van der Waals surface area contributed by atoms with E-state index in [1.54, 1.807) is 0 Å². The minimum atomic E-state index is -0.355. The van der Waals surface area contributed by atoms with Crippen molar-refractivity contribution < 1.29 is 5.11 Å². The molecule has 3 aliphatic rings. The summed E-state index contributed by atoms with van der Waals surface area (Å²) in [6.45, 7) is 4.43. The van der Waals surface area contributed by atoms with E-state index in [-0.39, 0.29) is 5.60 Å². The number of rotatable bonds is 3. The molecule has 5 heteroatoms. The molecule has 5 nitrogen and oxygen atoms in total. The van der Waals surface area contributed by atoms with Crippen molar-refractivity contribution in [2.45, 2.75) is 56.6 Å². The van der Waals surface area contributed by atoms with Crippen molar-refractivity contribution in [3.8, 4) is 5.69 Å². The Morgan fingerprint density at radius 2 is 1.71 bits per heavy atom. The van der Waals surface area contributed by atoms with Gasteiger partial charge < -0.3 is 10.0 Å². The van der Waals surface area contributed by atoms with Crippen LogP contribution in [0.4, 0.5) is 5.69 Å². The molecule has 3 fully saturated rings. The van der Waals surface area contributed by atoms with Crippen molar-refractivity contribution in [3.05, 3.63) is 42.7 Å². The second-order valence-electron chi connectivity index (χ2n) is 8.98. The Bertz CT molecular complexity index is 766. The van der Waals surface area contributed by atoms with Gasteiger partial charge >= 0.3 is 0 Å². The number of fused-ring (bicyclic) bond motifs is 1. The highest BCUT2D eigenvalue weighted by Crippen LogP contribution is 2.41. The zero-order chi connectivity index (χ0) is 19.0. The van der Waals surface area contributed by atoms with Gasteiger partial charge in [-0.15, -0.1) is 0 Å². The summed E-state index contributed by atoms with van der Waals surface area (Å²) in [6, 6.07) is 11.4. The minimum Gasteiger partial charge on any atom is -0.390 e. The average Bonchev–Trinajstić information content (AvgIpc) is 3.28. The zero-order valence-corrected chi connectivity index (χ0v) is 16.7. The summed E-state index contributed by atoms with van der Waals surface area (Å²) in [7, 11) is 0. The van der Waals surface area contributed by atoms with Gasteiger partial charge in [0.25, 0.3) is 0 Å². The molecule has 2 atom stereocenters. The van der Waals surface area contributed by atoms with Gasteiger partial charge in [-0.1, -0.05) is 12.8 Å². The predicted octanol–water partition coefficient (Wildman–Crippen LogP) is 3.47. The van der Waals surface area contributed by atoms with Crippen LogP contribution < -0.4 is 4.90 Å². The Morgan fingerprint density at radius 1 is 0.929 bits per heavy atom. The van der Waals surface area contributed by atoms with Crippen molar-refractivity contribution in [1.29, 1.82) is 0 Å². The number of likely N-dealkylation sites (tertiary alicyclic amines) is 1. The normalized spacial score (nSPS) is 29.6. The van der Waals surface area contributed by atoms with E-state index in [1.165, 1.54) is 37.8 Å². The van der Waals surface area contributed by atoms with E-state index in [2.05, 4.69) is 39.2 Å². The Hall–Kier alpha value is -1.85. The maximum atomic E-state index is 10.9. The van der Waals surface area contributed by atoms with Crippen LogP contribution in [0.15, 0.2) is 42.7 Å². The third-order valence-electron chi connectivity index (χ3n) is 7.42. The van der Waals surface area contributed by atoms with E-state index in [0.29, 0.717) is 12.0 Å². The molecule has 150 valence electrons. The molecule has 3 heterocycles. The molecule has 0 radical (unpaired) electrons. The third-order valence-corrected chi connectivity index (χ3v) is 7.42. The first-order valence-corrected chi connectivity index (χ1v) is 11.0. The summed E-state index contributed by atoms with van der Waals surface area (Å²) >= 11 is 0. The predicted molar refractivity (Wildman–Crippen MR) is 112 cm³/mol. The van der Waals surface area contributed by atoms with Crippen molar-refractivity contribution in [2.75, 3.05) is 31.1 Å². The van der Waals surface area contributed by atoms with E-state index >= 15 is 0 Å². The molecule has 1 saturated carbocycles. The molecule has 0 amide bonds. The summed E-state index contributed by atoms with van der Waals surface area (Å²) < 4.78 is 1.90. The molecule has 1 aliphatic carbocycles. The fraction of sp³-hybridized carbons (Fsp3) is 0.609. The van der Waals surface area contributed by atoms with Gasteiger partial charge in [-0.2, -0.15) is 5.10 Å². The number of piperidine rings is 2. The van der Waals surface area contributed by atoms with Crippen LogP contribution in [0.3, 0.4) is 0 Å². The number of hydrogen-bond acceptors (Lipinski definition) is 4.